The second-order valence-corrected chi connectivity index (χ2v) is 10.1. The van der Waals surface area contributed by atoms with Crippen LogP contribution in [0.15, 0.2) is 46.2 Å². The van der Waals surface area contributed by atoms with Gasteiger partial charge >= 0.3 is 6.18 Å². The third-order valence-corrected chi connectivity index (χ3v) is 8.02. The van der Waals surface area contributed by atoms with Gasteiger partial charge in [0.1, 0.15) is 4.90 Å². The highest BCUT2D eigenvalue weighted by atomic mass is 35.5. The van der Waals surface area contributed by atoms with E-state index in [9.17, 15) is 30.0 Å². The van der Waals surface area contributed by atoms with Crippen LogP contribution in [0.1, 0.15) is 11.1 Å². The molecule has 0 saturated carbocycles. The molecule has 0 amide bonds. The highest BCUT2D eigenvalue weighted by molar-refractivity contribution is 7.93. The molecule has 0 aliphatic carbocycles. The molecule has 28 heavy (non-hydrogen) atoms. The minimum atomic E-state index is -4.73. The van der Waals surface area contributed by atoms with Gasteiger partial charge in [-0.15, -0.1) is 0 Å². The Morgan fingerprint density at radius 3 is 2.36 bits per heavy atom. The first-order valence-electron chi connectivity index (χ1n) is 7.84. The molecule has 2 aromatic carbocycles. The maximum Gasteiger partial charge on any atom is 0.416 e. The number of rotatable bonds is 4. The van der Waals surface area contributed by atoms with Crippen LogP contribution in [0, 0.1) is 0 Å². The van der Waals surface area contributed by atoms with Crippen molar-refractivity contribution in [2.45, 2.75) is 22.4 Å². The predicted molar refractivity (Wildman–Crippen MR) is 97.4 cm³/mol. The number of benzene rings is 2. The minimum Gasteiger partial charge on any atom is -0.266 e. The van der Waals surface area contributed by atoms with E-state index in [0.717, 1.165) is 10.4 Å². The first-order chi connectivity index (χ1) is 12.9. The van der Waals surface area contributed by atoms with Gasteiger partial charge < -0.3 is 0 Å². The van der Waals surface area contributed by atoms with E-state index in [0.29, 0.717) is 17.7 Å². The average Bonchev–Trinajstić information content (AvgIpc) is 3.04. The van der Waals surface area contributed by atoms with Crippen LogP contribution < -0.4 is 9.03 Å². The van der Waals surface area contributed by atoms with Gasteiger partial charge in [0.25, 0.3) is 10.0 Å². The fourth-order valence-electron chi connectivity index (χ4n) is 2.88. The molecule has 12 heteroatoms. The number of anilines is 1. The molecule has 0 bridgehead atoms. The van der Waals surface area contributed by atoms with Crippen molar-refractivity contribution in [1.29, 1.82) is 0 Å². The van der Waals surface area contributed by atoms with E-state index in [1.54, 1.807) is 0 Å². The lowest BCUT2D eigenvalue weighted by atomic mass is 10.2. The molecule has 0 atom stereocenters. The Hall–Kier alpha value is -1.82. The van der Waals surface area contributed by atoms with Crippen LogP contribution >= 0.6 is 11.6 Å². The lowest BCUT2D eigenvalue weighted by Crippen LogP contribution is -2.29. The normalized spacial score (nSPS) is 15.0. The summed E-state index contributed by atoms with van der Waals surface area (Å²) >= 11 is 5.88. The van der Waals surface area contributed by atoms with Gasteiger partial charge in [-0.25, -0.2) is 21.6 Å². The van der Waals surface area contributed by atoms with Gasteiger partial charge in [-0.3, -0.25) is 4.31 Å². The number of halogens is 4. The van der Waals surface area contributed by atoms with Crippen molar-refractivity contribution in [3.63, 3.8) is 0 Å². The van der Waals surface area contributed by atoms with Gasteiger partial charge in [-0.05, 0) is 55.4 Å². The predicted octanol–water partition coefficient (Wildman–Crippen LogP) is 3.02. The molecule has 6 nitrogen and oxygen atoms in total. The van der Waals surface area contributed by atoms with E-state index in [1.165, 1.54) is 25.2 Å². The third-order valence-electron chi connectivity index (χ3n) is 4.31. The summed E-state index contributed by atoms with van der Waals surface area (Å²) in [4.78, 5) is -0.700. The van der Waals surface area contributed by atoms with Crippen molar-refractivity contribution < 1.29 is 30.0 Å². The zero-order chi connectivity index (χ0) is 20.9. The lowest BCUT2D eigenvalue weighted by Gasteiger charge is -2.21. The van der Waals surface area contributed by atoms with Crippen LogP contribution in [-0.4, -0.2) is 30.4 Å². The molecule has 1 aliphatic rings. The molecule has 1 heterocycles. The molecule has 0 saturated heterocycles. The van der Waals surface area contributed by atoms with E-state index in [-0.39, 0.29) is 28.6 Å². The van der Waals surface area contributed by atoms with Crippen LogP contribution in [0.3, 0.4) is 0 Å². The Labute approximate surface area is 165 Å². The van der Waals surface area contributed by atoms with Gasteiger partial charge in [0, 0.05) is 6.54 Å². The van der Waals surface area contributed by atoms with E-state index in [2.05, 4.69) is 4.72 Å². The Bertz CT molecular complexity index is 1150. The fourth-order valence-corrected chi connectivity index (χ4v) is 5.67. The molecular formula is C16H14ClF3N2O4S2. The smallest absolute Gasteiger partial charge is 0.266 e. The molecule has 0 aromatic heterocycles. The summed E-state index contributed by atoms with van der Waals surface area (Å²) in [6, 6.07) is 5.96. The SMILES string of the molecule is CNS(=O)(=O)c1ccc2c(c1)CCN2S(=O)(=O)c1cc(C(F)(F)F)ccc1Cl. The van der Waals surface area contributed by atoms with Crippen LogP contribution in [0.25, 0.3) is 0 Å². The van der Waals surface area contributed by atoms with E-state index >= 15 is 0 Å². The molecule has 3 rings (SSSR count). The van der Waals surface area contributed by atoms with Crippen LogP contribution in [0.5, 0.6) is 0 Å². The Morgan fingerprint density at radius 1 is 1.07 bits per heavy atom. The van der Waals surface area contributed by atoms with Crippen LogP contribution in [0.4, 0.5) is 18.9 Å². The van der Waals surface area contributed by atoms with Gasteiger partial charge in [0.05, 0.1) is 21.2 Å². The van der Waals surface area contributed by atoms with Crippen molar-refractivity contribution in [1.82, 2.24) is 4.72 Å². The summed E-state index contributed by atoms with van der Waals surface area (Å²) in [7, 11) is -6.86. The monoisotopic (exact) mass is 454 g/mol. The number of fused-ring (bicyclic) bond motifs is 1. The van der Waals surface area contributed by atoms with Crippen molar-refractivity contribution in [2.75, 3.05) is 17.9 Å². The average molecular weight is 455 g/mol. The summed E-state index contributed by atoms with van der Waals surface area (Å²) in [5.74, 6) is 0. The molecule has 0 spiro atoms. The standard InChI is InChI=1S/C16H14ClF3N2O4S2/c1-21-27(23,24)12-3-5-14-10(8-12)6-7-22(14)28(25,26)15-9-11(16(18,19)20)2-4-13(15)17/h2-5,8-9,21H,6-7H2,1H3. The number of nitrogens with one attached hydrogen (secondary N) is 1. The lowest BCUT2D eigenvalue weighted by molar-refractivity contribution is -0.137. The maximum atomic E-state index is 13.0. The molecule has 0 fully saturated rings. The zero-order valence-electron chi connectivity index (χ0n) is 14.3. The van der Waals surface area contributed by atoms with Gasteiger partial charge in [-0.2, -0.15) is 13.2 Å². The first-order valence-corrected chi connectivity index (χ1v) is 11.1. The van der Waals surface area contributed by atoms with Crippen molar-refractivity contribution >= 4 is 37.3 Å². The van der Waals surface area contributed by atoms with Crippen molar-refractivity contribution in [3.05, 3.63) is 52.5 Å². The zero-order valence-corrected chi connectivity index (χ0v) is 16.7. The number of alkyl halides is 3. The number of sulfonamides is 2. The topological polar surface area (TPSA) is 83.6 Å². The van der Waals surface area contributed by atoms with Crippen molar-refractivity contribution in [3.8, 4) is 0 Å². The number of nitrogens with zero attached hydrogens (tertiary/aromatic N) is 1. The van der Waals surface area contributed by atoms with Gasteiger partial charge in [-0.1, -0.05) is 11.6 Å². The summed E-state index contributed by atoms with van der Waals surface area (Å²) < 4.78 is 91.8. The van der Waals surface area contributed by atoms with Crippen LogP contribution in [-0.2, 0) is 32.6 Å². The molecule has 2 aromatic rings. The molecule has 0 radical (unpaired) electrons. The second-order valence-electron chi connectivity index (χ2n) is 5.97. The second kappa shape index (κ2) is 6.90. The molecule has 0 unspecified atom stereocenters. The summed E-state index contributed by atoms with van der Waals surface area (Å²) in [6.45, 7) is -0.0483. The highest BCUT2D eigenvalue weighted by Crippen LogP contribution is 2.38. The molecule has 1 N–H and O–H groups in total. The Kier molecular flexibility index (Phi) is 5.15. The maximum absolute atomic E-state index is 13.0. The quantitative estimate of drug-likeness (QED) is 0.769. The molecular weight excluding hydrogens is 441 g/mol. The summed E-state index contributed by atoms with van der Waals surface area (Å²) in [5.41, 5.74) is -0.489. The Morgan fingerprint density at radius 2 is 1.75 bits per heavy atom. The first kappa shape index (κ1) is 20.9. The van der Waals surface area contributed by atoms with Gasteiger partial charge in [0.2, 0.25) is 10.0 Å². The Balaban J connectivity index is 2.08. The van der Waals surface area contributed by atoms with Crippen LogP contribution in [0.2, 0.25) is 5.02 Å². The third kappa shape index (κ3) is 3.59. The fraction of sp³-hybridized carbons (Fsp3) is 0.250. The highest BCUT2D eigenvalue weighted by Gasteiger charge is 2.36. The molecule has 152 valence electrons. The van der Waals surface area contributed by atoms with Gasteiger partial charge in [0.15, 0.2) is 0 Å². The van der Waals surface area contributed by atoms with E-state index < -0.39 is 36.7 Å². The largest absolute Gasteiger partial charge is 0.416 e. The summed E-state index contributed by atoms with van der Waals surface area (Å²) in [6.07, 6.45) is -4.52. The minimum absolute atomic E-state index is 0.0369. The number of hydrogen-bond acceptors (Lipinski definition) is 4. The van der Waals surface area contributed by atoms with E-state index in [4.69, 9.17) is 11.6 Å². The number of hydrogen-bond donors (Lipinski definition) is 1. The van der Waals surface area contributed by atoms with Crippen molar-refractivity contribution in [2.24, 2.45) is 0 Å². The summed E-state index contributed by atoms with van der Waals surface area (Å²) in [5, 5.41) is -0.337. The van der Waals surface area contributed by atoms with E-state index in [1.807, 2.05) is 0 Å². The molecule has 1 aliphatic heterocycles.